The number of carbonyl (C=O) groups is 1. The first-order valence-electron chi connectivity index (χ1n) is 10.2. The molecule has 2 N–H and O–H groups in total. The van der Waals surface area contributed by atoms with E-state index in [0.717, 1.165) is 29.9 Å². The number of rotatable bonds is 4. The van der Waals surface area contributed by atoms with Crippen molar-refractivity contribution < 1.29 is 23.4 Å². The zero-order chi connectivity index (χ0) is 23.3. The van der Waals surface area contributed by atoms with Gasteiger partial charge >= 0.3 is 5.97 Å². The van der Waals surface area contributed by atoms with Crippen molar-refractivity contribution in [2.24, 2.45) is 0 Å². The Morgan fingerprint density at radius 3 is 2.48 bits per heavy atom. The highest BCUT2D eigenvalue weighted by Gasteiger charge is 2.24. The maximum Gasteiger partial charge on any atom is 0.341 e. The van der Waals surface area contributed by atoms with E-state index in [4.69, 9.17) is 4.74 Å². The zero-order valence-electron chi connectivity index (χ0n) is 17.5. The Balaban J connectivity index is 1.90. The minimum atomic E-state index is -1.45. The van der Waals surface area contributed by atoms with E-state index in [1.165, 1.54) is 35.9 Å². The number of aromatic carboxylic acids is 1. The van der Waals surface area contributed by atoms with E-state index in [0.29, 0.717) is 17.8 Å². The molecule has 1 aliphatic heterocycles. The molecule has 8 heteroatoms. The minimum absolute atomic E-state index is 0.0780. The molecule has 0 aliphatic carbocycles. The normalized spacial score (nSPS) is 12.7. The Kier molecular flexibility index (Phi) is 4.94. The van der Waals surface area contributed by atoms with Gasteiger partial charge in [0.1, 0.15) is 22.7 Å². The molecule has 0 radical (unpaired) electrons. The Labute approximate surface area is 186 Å². The fourth-order valence-corrected chi connectivity index (χ4v) is 4.30. The van der Waals surface area contributed by atoms with Gasteiger partial charge in [0.05, 0.1) is 18.1 Å². The van der Waals surface area contributed by atoms with Gasteiger partial charge in [-0.05, 0) is 53.1 Å². The molecule has 166 valence electrons. The summed E-state index contributed by atoms with van der Waals surface area (Å²) in [4.78, 5) is 24.7. The molecular formula is C25H18F2N2O4. The van der Waals surface area contributed by atoms with Crippen LogP contribution in [0.25, 0.3) is 27.7 Å². The number of nitrogens with one attached hydrogen (secondary N) is 1. The highest BCUT2D eigenvalue weighted by Crippen LogP contribution is 2.40. The van der Waals surface area contributed by atoms with Crippen LogP contribution in [0.3, 0.4) is 0 Å². The molecule has 6 nitrogen and oxygen atoms in total. The second-order valence-electron chi connectivity index (χ2n) is 7.77. The summed E-state index contributed by atoms with van der Waals surface area (Å²) in [6, 6.07) is 11.9. The van der Waals surface area contributed by atoms with E-state index in [1.54, 1.807) is 6.07 Å². The minimum Gasteiger partial charge on any atom is -0.494 e. The molecule has 0 unspecified atom stereocenters. The maximum atomic E-state index is 15.5. The van der Waals surface area contributed by atoms with E-state index in [1.807, 2.05) is 12.1 Å². The SMILES string of the molecule is COc1c(-c2ccc3c(c2)CNC3)c(F)cc2c(=O)c(C(=O)O)cn(-c3ccc(F)cc3)c12. The summed E-state index contributed by atoms with van der Waals surface area (Å²) in [5.41, 5.74) is 2.07. The van der Waals surface area contributed by atoms with Crippen LogP contribution in [0.1, 0.15) is 21.5 Å². The summed E-state index contributed by atoms with van der Waals surface area (Å²) in [6.07, 6.45) is 1.15. The van der Waals surface area contributed by atoms with Gasteiger partial charge < -0.3 is 19.7 Å². The molecule has 0 amide bonds. The first-order valence-corrected chi connectivity index (χ1v) is 10.2. The summed E-state index contributed by atoms with van der Waals surface area (Å²) in [6.45, 7) is 1.39. The van der Waals surface area contributed by atoms with Crippen LogP contribution in [0, 0.1) is 11.6 Å². The standard InChI is InChI=1S/C25H18F2N2O4/c1-33-24-21(13-2-3-14-10-28-11-15(14)8-13)20(27)9-18-22(24)29(12-19(23(18)30)25(31)32)17-6-4-16(26)5-7-17/h2-9,12,28H,10-11H2,1H3,(H,31,32). The van der Waals surface area contributed by atoms with Crippen molar-refractivity contribution in [1.29, 1.82) is 0 Å². The van der Waals surface area contributed by atoms with E-state index in [-0.39, 0.29) is 22.2 Å². The number of carboxylic acid groups (broad SMARTS) is 1. The quantitative estimate of drug-likeness (QED) is 0.488. The largest absolute Gasteiger partial charge is 0.494 e. The van der Waals surface area contributed by atoms with Crippen LogP contribution in [-0.2, 0) is 13.1 Å². The van der Waals surface area contributed by atoms with Crippen LogP contribution in [0.5, 0.6) is 5.75 Å². The van der Waals surface area contributed by atoms with Crippen LogP contribution >= 0.6 is 0 Å². The molecule has 0 saturated heterocycles. The molecular weight excluding hydrogens is 430 g/mol. The van der Waals surface area contributed by atoms with E-state index >= 15 is 4.39 Å². The van der Waals surface area contributed by atoms with E-state index < -0.39 is 28.6 Å². The predicted molar refractivity (Wildman–Crippen MR) is 119 cm³/mol. The molecule has 0 bridgehead atoms. The van der Waals surface area contributed by atoms with Crippen molar-refractivity contribution in [3.8, 4) is 22.6 Å². The van der Waals surface area contributed by atoms with Crippen molar-refractivity contribution in [1.82, 2.24) is 9.88 Å². The predicted octanol–water partition coefficient (Wildman–Crippen LogP) is 4.25. The van der Waals surface area contributed by atoms with Crippen LogP contribution in [0.15, 0.2) is 59.5 Å². The third-order valence-corrected chi connectivity index (χ3v) is 5.86. The van der Waals surface area contributed by atoms with Crippen molar-refractivity contribution in [2.45, 2.75) is 13.1 Å². The molecule has 1 aliphatic rings. The average Bonchev–Trinajstić information content (AvgIpc) is 3.27. The lowest BCUT2D eigenvalue weighted by molar-refractivity contribution is 0.0695. The van der Waals surface area contributed by atoms with Gasteiger partial charge in [0.15, 0.2) is 5.75 Å². The summed E-state index contributed by atoms with van der Waals surface area (Å²) in [7, 11) is 1.36. The van der Waals surface area contributed by atoms with E-state index in [2.05, 4.69) is 5.32 Å². The number of methoxy groups -OCH3 is 1. The number of fused-ring (bicyclic) bond motifs is 2. The van der Waals surface area contributed by atoms with Crippen molar-refractivity contribution in [2.75, 3.05) is 7.11 Å². The highest BCUT2D eigenvalue weighted by molar-refractivity contribution is 5.98. The summed E-state index contributed by atoms with van der Waals surface area (Å²) in [5, 5.41) is 12.6. The van der Waals surface area contributed by atoms with Crippen molar-refractivity contribution >= 4 is 16.9 Å². The molecule has 1 aromatic heterocycles. The molecule has 3 aromatic carbocycles. The molecule has 0 atom stereocenters. The number of aromatic nitrogens is 1. The van der Waals surface area contributed by atoms with Gasteiger partial charge in [0.2, 0.25) is 5.43 Å². The Hall–Kier alpha value is -4.04. The van der Waals surface area contributed by atoms with Gasteiger partial charge in [0, 0.05) is 25.0 Å². The van der Waals surface area contributed by atoms with Crippen LogP contribution in [0.4, 0.5) is 8.78 Å². The molecule has 4 aromatic rings. The van der Waals surface area contributed by atoms with Gasteiger partial charge in [0.25, 0.3) is 0 Å². The second-order valence-corrected chi connectivity index (χ2v) is 7.77. The van der Waals surface area contributed by atoms with Crippen molar-refractivity contribution in [3.05, 3.63) is 93.3 Å². The average molecular weight is 448 g/mol. The Bertz CT molecular complexity index is 1490. The summed E-state index contributed by atoms with van der Waals surface area (Å²) >= 11 is 0. The van der Waals surface area contributed by atoms with Gasteiger partial charge in [-0.1, -0.05) is 12.1 Å². The number of carboxylic acids is 1. The number of halogens is 2. The second kappa shape index (κ2) is 7.83. The third kappa shape index (κ3) is 3.35. The van der Waals surface area contributed by atoms with Crippen LogP contribution < -0.4 is 15.5 Å². The van der Waals surface area contributed by atoms with Gasteiger partial charge in [-0.25, -0.2) is 13.6 Å². The third-order valence-electron chi connectivity index (χ3n) is 5.86. The lowest BCUT2D eigenvalue weighted by atomic mass is 9.97. The maximum absolute atomic E-state index is 15.5. The smallest absolute Gasteiger partial charge is 0.341 e. The van der Waals surface area contributed by atoms with Crippen LogP contribution in [0.2, 0.25) is 0 Å². The molecule has 0 fully saturated rings. The van der Waals surface area contributed by atoms with Gasteiger partial charge in [-0.3, -0.25) is 4.79 Å². The highest BCUT2D eigenvalue weighted by atomic mass is 19.1. The summed E-state index contributed by atoms with van der Waals surface area (Å²) < 4.78 is 36.0. The van der Waals surface area contributed by atoms with Gasteiger partial charge in [-0.2, -0.15) is 0 Å². The number of ether oxygens (including phenoxy) is 1. The Morgan fingerprint density at radius 2 is 1.79 bits per heavy atom. The topological polar surface area (TPSA) is 80.6 Å². The molecule has 5 rings (SSSR count). The molecule has 0 spiro atoms. The number of nitrogens with zero attached hydrogens (tertiary/aromatic N) is 1. The van der Waals surface area contributed by atoms with Gasteiger partial charge in [-0.15, -0.1) is 0 Å². The fourth-order valence-electron chi connectivity index (χ4n) is 4.30. The fraction of sp³-hybridized carbons (Fsp3) is 0.120. The lowest BCUT2D eigenvalue weighted by Crippen LogP contribution is -2.19. The summed E-state index contributed by atoms with van der Waals surface area (Å²) in [5.74, 6) is -2.56. The number of hydrogen-bond acceptors (Lipinski definition) is 4. The van der Waals surface area contributed by atoms with E-state index in [9.17, 15) is 19.1 Å². The first-order chi connectivity index (χ1) is 15.9. The van der Waals surface area contributed by atoms with Crippen LogP contribution in [-0.4, -0.2) is 22.8 Å². The number of benzene rings is 3. The number of pyridine rings is 1. The molecule has 0 saturated carbocycles. The van der Waals surface area contributed by atoms with Crippen molar-refractivity contribution in [3.63, 3.8) is 0 Å². The number of hydrogen-bond donors (Lipinski definition) is 2. The molecule has 33 heavy (non-hydrogen) atoms. The zero-order valence-corrected chi connectivity index (χ0v) is 17.5. The Morgan fingerprint density at radius 1 is 1.06 bits per heavy atom. The molecule has 2 heterocycles. The lowest BCUT2D eigenvalue weighted by Gasteiger charge is -2.19. The monoisotopic (exact) mass is 448 g/mol. The first kappa shape index (κ1) is 20.8.